The van der Waals surface area contributed by atoms with Crippen LogP contribution in [0, 0.1) is 0 Å². The zero-order valence-electron chi connectivity index (χ0n) is 53.9. The number of rotatable bonds is 0. The summed E-state index contributed by atoms with van der Waals surface area (Å²) < 4.78 is 9.13. The Labute approximate surface area is 570 Å². The van der Waals surface area contributed by atoms with Gasteiger partial charge >= 0.3 is 0 Å². The van der Waals surface area contributed by atoms with E-state index in [0.29, 0.717) is 0 Å². The molecule has 0 saturated carbocycles. The summed E-state index contributed by atoms with van der Waals surface area (Å²) in [7, 11) is 0. The van der Waals surface area contributed by atoms with Crippen LogP contribution in [0.25, 0.3) is 195 Å². The zero-order valence-corrected chi connectivity index (χ0v) is 53.9. The van der Waals surface area contributed by atoms with Gasteiger partial charge in [0.25, 0.3) is 0 Å². The molecule has 0 saturated heterocycles. The number of para-hydroxylation sites is 1. The minimum Gasteiger partial charge on any atom is -0.315 e. The zero-order chi connectivity index (χ0) is 65.5. The molecule has 0 amide bonds. The number of nitrogens with zero attached hydrogens (tertiary/aromatic N) is 8. The van der Waals surface area contributed by atoms with Crippen LogP contribution in [-0.2, 0) is 0 Å². The number of aromatic nitrogens is 8. The number of benzene rings is 13. The minimum absolute atomic E-state index is 0.900. The Bertz CT molecular complexity index is 6660. The van der Waals surface area contributed by atoms with Crippen molar-refractivity contribution in [1.29, 1.82) is 0 Å². The van der Waals surface area contributed by atoms with E-state index in [9.17, 15) is 0 Å². The second-order valence-corrected chi connectivity index (χ2v) is 26.1. The molecule has 0 aliphatic rings. The third-order valence-electron chi connectivity index (χ3n) is 20.8. The normalized spacial score (nSPS) is 12.0. The maximum atomic E-state index is 4.72. The Balaban J connectivity index is 0.0000000873. The van der Waals surface area contributed by atoms with Gasteiger partial charge in [0.2, 0.25) is 0 Å². The summed E-state index contributed by atoms with van der Waals surface area (Å²) in [6.07, 6.45) is 16.2. The fourth-order valence-corrected chi connectivity index (χ4v) is 16.5. The Morgan fingerprint density at radius 2 is 0.470 bits per heavy atom. The molecule has 8 heteroatoms. The molecule has 0 radical (unpaired) electrons. The van der Waals surface area contributed by atoms with E-state index in [1.807, 2.05) is 24.5 Å². The van der Waals surface area contributed by atoms with Crippen LogP contribution in [0.15, 0.2) is 341 Å². The van der Waals surface area contributed by atoms with Crippen molar-refractivity contribution < 1.29 is 0 Å². The molecule has 0 atom stereocenters. The quantitative estimate of drug-likeness (QED) is 0.142. The van der Waals surface area contributed by atoms with E-state index >= 15 is 0 Å². The van der Waals surface area contributed by atoms with Gasteiger partial charge < -0.3 is 8.80 Å². The van der Waals surface area contributed by atoms with Crippen molar-refractivity contribution in [3.63, 3.8) is 0 Å². The lowest BCUT2D eigenvalue weighted by molar-refractivity contribution is 1.18. The summed E-state index contributed by atoms with van der Waals surface area (Å²) in [6, 6.07) is 104. The van der Waals surface area contributed by atoms with Crippen molar-refractivity contribution in [3.8, 4) is 0 Å². The Morgan fingerprint density at radius 1 is 0.170 bits per heavy atom. The van der Waals surface area contributed by atoms with Gasteiger partial charge in [-0.3, -0.25) is 18.8 Å². The van der Waals surface area contributed by atoms with Gasteiger partial charge in [0.15, 0.2) is 5.65 Å². The monoisotopic (exact) mass is 1270 g/mol. The molecule has 0 unspecified atom stereocenters. The van der Waals surface area contributed by atoms with Crippen LogP contribution in [0.2, 0.25) is 0 Å². The lowest BCUT2D eigenvalue weighted by Gasteiger charge is -2.12. The molecule has 8 nitrogen and oxygen atoms in total. The molecule has 0 spiro atoms. The van der Waals surface area contributed by atoms with E-state index < -0.39 is 0 Å². The molecule has 0 aliphatic carbocycles. The average molecular weight is 1270 g/mol. The van der Waals surface area contributed by atoms with Crippen molar-refractivity contribution in [2.24, 2.45) is 0 Å². The molecule has 13 aromatic carbocycles. The summed E-state index contributed by atoms with van der Waals surface area (Å²) in [5.41, 5.74) is 11.3. The molecular formula is C92H56N8. The van der Waals surface area contributed by atoms with Crippen molar-refractivity contribution in [2.75, 3.05) is 0 Å². The van der Waals surface area contributed by atoms with Gasteiger partial charge in [-0.05, 0) is 84.2 Å². The van der Waals surface area contributed by atoms with E-state index in [2.05, 4.69) is 331 Å². The highest BCUT2D eigenvalue weighted by molar-refractivity contribution is 6.31. The second-order valence-electron chi connectivity index (χ2n) is 26.1. The van der Waals surface area contributed by atoms with Crippen molar-refractivity contribution in [2.45, 2.75) is 0 Å². The SMILES string of the molecule is c1ccc2c(c1)ccc1c3ccccc3n3cc4ccccc4c3c21.c1ccc2c(c1)ccc1c3cccnc3n3cc4ccccc4c3c21.c1ccc2c(c1)ccc1c3ncccc3n3cc4ccccc4c3c21.c1ccc2c(c1)ccc1c3nccnc3n3cc4ccccc4c3c21. The fraction of sp³-hybridized carbons (Fsp3) is 0. The lowest BCUT2D eigenvalue weighted by atomic mass is 9.98. The van der Waals surface area contributed by atoms with Crippen molar-refractivity contribution in [3.05, 3.63) is 341 Å². The number of pyridine rings is 6. The standard InChI is InChI=1S/C24H15N.2C23H14N2.C22H13N3/c1-3-9-18-16(7-1)13-14-21-20-11-5-6-12-22(20)25-15-17-8-2-4-10-19(17)24(25)23(18)21;1-3-8-17-15(6-1)11-12-19-21(17)23-18-9-4-2-7-16(18)14-25(23)20-10-5-13-24-22(19)20;1-3-8-17-15(6-1)11-12-19-20-10-5-13-24-23(20)25-14-16-7-2-4-9-18(16)22(25)21(17)19;1-3-7-16-14(5-1)9-10-18-19(16)21-17-8-4-2-6-15(17)13-25(21)22-20(18)23-11-12-24-22/h1-15H;2*1-14H;1-13H. The van der Waals surface area contributed by atoms with Crippen LogP contribution in [0.5, 0.6) is 0 Å². The van der Waals surface area contributed by atoms with Crippen LogP contribution in [0.1, 0.15) is 0 Å². The van der Waals surface area contributed by atoms with Gasteiger partial charge in [-0.2, -0.15) is 0 Å². The van der Waals surface area contributed by atoms with Crippen molar-refractivity contribution in [1.82, 2.24) is 37.5 Å². The van der Waals surface area contributed by atoms with Crippen molar-refractivity contribution >= 4 is 195 Å². The maximum Gasteiger partial charge on any atom is 0.163 e. The molecule has 464 valence electrons. The molecule has 24 rings (SSSR count). The Hall–Kier alpha value is -13.6. The third-order valence-corrected chi connectivity index (χ3v) is 20.8. The lowest BCUT2D eigenvalue weighted by Crippen LogP contribution is -1.94. The molecule has 0 bridgehead atoms. The molecular weight excluding hydrogens is 1220 g/mol. The van der Waals surface area contributed by atoms with Crippen LogP contribution >= 0.6 is 0 Å². The fourth-order valence-electron chi connectivity index (χ4n) is 16.5. The highest BCUT2D eigenvalue weighted by Crippen LogP contribution is 2.43. The molecule has 100 heavy (non-hydrogen) atoms. The minimum atomic E-state index is 0.900. The highest BCUT2D eigenvalue weighted by atomic mass is 15.0. The van der Waals surface area contributed by atoms with Gasteiger partial charge in [-0.15, -0.1) is 0 Å². The van der Waals surface area contributed by atoms with Gasteiger partial charge in [0, 0.05) is 136 Å². The summed E-state index contributed by atoms with van der Waals surface area (Å²) in [4.78, 5) is 18.7. The first-order valence-electron chi connectivity index (χ1n) is 34.0. The molecule has 0 N–H and O–H groups in total. The highest BCUT2D eigenvalue weighted by Gasteiger charge is 2.20. The van der Waals surface area contributed by atoms with Crippen LogP contribution in [0.3, 0.4) is 0 Å². The predicted octanol–water partition coefficient (Wildman–Crippen LogP) is 23.8. The van der Waals surface area contributed by atoms with Gasteiger partial charge in [0.1, 0.15) is 11.2 Å². The summed E-state index contributed by atoms with van der Waals surface area (Å²) in [5, 5.41) is 33.0. The molecule has 11 heterocycles. The summed E-state index contributed by atoms with van der Waals surface area (Å²) >= 11 is 0. The second kappa shape index (κ2) is 22.0. The van der Waals surface area contributed by atoms with Crippen LogP contribution in [0.4, 0.5) is 0 Å². The molecule has 0 aliphatic heterocycles. The van der Waals surface area contributed by atoms with E-state index in [1.165, 1.54) is 162 Å². The topological polar surface area (TPSA) is 69.2 Å². The average Bonchev–Trinajstić information content (AvgIpc) is 1.50. The molecule has 0 fully saturated rings. The third kappa shape index (κ3) is 8.28. The smallest absolute Gasteiger partial charge is 0.163 e. The number of fused-ring (bicyclic) bond motifs is 40. The Morgan fingerprint density at radius 3 is 0.970 bits per heavy atom. The predicted molar refractivity (Wildman–Crippen MR) is 421 cm³/mol. The largest absolute Gasteiger partial charge is 0.315 e. The van der Waals surface area contributed by atoms with Gasteiger partial charge in [0.05, 0.1) is 38.6 Å². The molecule has 11 aromatic heterocycles. The van der Waals surface area contributed by atoms with Crippen LogP contribution < -0.4 is 0 Å². The first-order chi connectivity index (χ1) is 49.7. The Kier molecular flexibility index (Phi) is 12.2. The summed E-state index contributed by atoms with van der Waals surface area (Å²) in [6.45, 7) is 0. The first-order valence-corrected chi connectivity index (χ1v) is 34.0. The van der Waals surface area contributed by atoms with Crippen LogP contribution in [-0.4, -0.2) is 37.5 Å². The van der Waals surface area contributed by atoms with E-state index in [1.54, 1.807) is 12.4 Å². The first kappa shape index (κ1) is 55.7. The van der Waals surface area contributed by atoms with E-state index in [4.69, 9.17) is 9.97 Å². The maximum absolute atomic E-state index is 4.72. The number of hydrogen-bond acceptors (Lipinski definition) is 4. The summed E-state index contributed by atoms with van der Waals surface area (Å²) in [5.74, 6) is 0. The molecule has 24 aromatic rings. The van der Waals surface area contributed by atoms with Gasteiger partial charge in [-0.1, -0.05) is 261 Å². The number of hydrogen-bond donors (Lipinski definition) is 0. The van der Waals surface area contributed by atoms with Gasteiger partial charge in [-0.25, -0.2) is 9.97 Å². The van der Waals surface area contributed by atoms with E-state index in [-0.39, 0.29) is 0 Å². The van der Waals surface area contributed by atoms with E-state index in [0.717, 1.165) is 33.2 Å².